The van der Waals surface area contributed by atoms with E-state index in [0.29, 0.717) is 5.56 Å². The first-order valence-electron chi connectivity index (χ1n) is 5.84. The van der Waals surface area contributed by atoms with Crippen molar-refractivity contribution in [3.8, 4) is 0 Å². The molecule has 6 nitrogen and oxygen atoms in total. The number of amides is 3. The molecule has 1 heterocycles. The van der Waals surface area contributed by atoms with Gasteiger partial charge in [0.05, 0.1) is 0 Å². The minimum atomic E-state index is -1.50. The summed E-state index contributed by atoms with van der Waals surface area (Å²) in [5.74, 6) is -1.41. The molecule has 3 amide bonds. The summed E-state index contributed by atoms with van der Waals surface area (Å²) in [5.41, 5.74) is 3.94. The van der Waals surface area contributed by atoms with Crippen molar-refractivity contribution in [2.24, 2.45) is 5.73 Å². The number of carbonyl (C=O) groups is 3. The Kier molecular flexibility index (Phi) is 3.25. The molecule has 0 saturated carbocycles. The summed E-state index contributed by atoms with van der Waals surface area (Å²) >= 11 is 0. The van der Waals surface area contributed by atoms with Crippen molar-refractivity contribution in [1.29, 1.82) is 0 Å². The molecule has 0 aliphatic carbocycles. The van der Waals surface area contributed by atoms with E-state index < -0.39 is 29.4 Å². The summed E-state index contributed by atoms with van der Waals surface area (Å²) < 4.78 is 5.08. The zero-order chi connectivity index (χ0) is 14.0. The van der Waals surface area contributed by atoms with E-state index in [1.54, 1.807) is 37.3 Å². The molecule has 1 fully saturated rings. The Morgan fingerprint density at radius 1 is 1.37 bits per heavy atom. The lowest BCUT2D eigenvalue weighted by molar-refractivity contribution is -0.148. The van der Waals surface area contributed by atoms with Gasteiger partial charge in [-0.05, 0) is 12.5 Å². The van der Waals surface area contributed by atoms with E-state index in [1.807, 2.05) is 5.32 Å². The zero-order valence-electron chi connectivity index (χ0n) is 10.4. The molecule has 100 valence electrons. The number of imide groups is 1. The average Bonchev–Trinajstić information content (AvgIpc) is 2.65. The van der Waals surface area contributed by atoms with Gasteiger partial charge in [-0.25, -0.2) is 4.79 Å². The second kappa shape index (κ2) is 4.72. The van der Waals surface area contributed by atoms with Crippen molar-refractivity contribution < 1.29 is 19.1 Å². The van der Waals surface area contributed by atoms with E-state index >= 15 is 0 Å². The zero-order valence-corrected chi connectivity index (χ0v) is 10.4. The van der Waals surface area contributed by atoms with Crippen molar-refractivity contribution in [2.45, 2.75) is 24.9 Å². The molecular formula is C13H14N2O4. The first-order valence-corrected chi connectivity index (χ1v) is 5.84. The number of esters is 1. The molecular weight excluding hydrogens is 248 g/mol. The predicted octanol–water partition coefficient (Wildman–Crippen LogP) is 0.455. The Labute approximate surface area is 109 Å². The number of benzene rings is 1. The van der Waals surface area contributed by atoms with Crippen LogP contribution >= 0.6 is 0 Å². The van der Waals surface area contributed by atoms with Crippen molar-refractivity contribution in [1.82, 2.24) is 5.32 Å². The lowest BCUT2D eigenvalue weighted by Crippen LogP contribution is -2.51. The highest BCUT2D eigenvalue weighted by atomic mass is 16.6. The first kappa shape index (κ1) is 13.1. The summed E-state index contributed by atoms with van der Waals surface area (Å²) in [7, 11) is 0. The molecule has 2 unspecified atom stereocenters. The van der Waals surface area contributed by atoms with Gasteiger partial charge >= 0.3 is 12.0 Å². The molecule has 2 atom stereocenters. The van der Waals surface area contributed by atoms with Crippen LogP contribution in [-0.4, -0.2) is 24.0 Å². The van der Waals surface area contributed by atoms with Gasteiger partial charge in [0.2, 0.25) is 5.91 Å². The van der Waals surface area contributed by atoms with Crippen LogP contribution in [0.3, 0.4) is 0 Å². The number of carbonyl (C=O) groups excluding carboxylic acids is 3. The number of rotatable bonds is 2. The predicted molar refractivity (Wildman–Crippen MR) is 66.0 cm³/mol. The minimum Gasteiger partial charge on any atom is -0.462 e. The van der Waals surface area contributed by atoms with E-state index in [9.17, 15) is 14.4 Å². The number of urea groups is 1. The second-order valence-electron chi connectivity index (χ2n) is 4.51. The van der Waals surface area contributed by atoms with Gasteiger partial charge < -0.3 is 10.5 Å². The van der Waals surface area contributed by atoms with Crippen molar-refractivity contribution >= 4 is 17.9 Å². The largest absolute Gasteiger partial charge is 0.462 e. The monoisotopic (exact) mass is 262 g/mol. The number of primary amides is 1. The molecule has 6 heteroatoms. The normalized spacial score (nSPS) is 25.7. The number of hydrogen-bond donors (Lipinski definition) is 2. The molecule has 1 aliphatic rings. The third kappa shape index (κ3) is 2.16. The molecule has 3 N–H and O–H groups in total. The van der Waals surface area contributed by atoms with Gasteiger partial charge in [-0.15, -0.1) is 0 Å². The Morgan fingerprint density at radius 2 is 2.00 bits per heavy atom. The number of cyclic esters (lactones) is 1. The highest BCUT2D eigenvalue weighted by molar-refractivity contribution is 6.13. The Balaban J connectivity index is 2.48. The maximum absolute atomic E-state index is 12.2. The van der Waals surface area contributed by atoms with Crippen molar-refractivity contribution in [3.63, 3.8) is 0 Å². The summed E-state index contributed by atoms with van der Waals surface area (Å²) in [6.45, 7) is 1.69. The Morgan fingerprint density at radius 3 is 2.47 bits per heavy atom. The minimum absolute atomic E-state index is 0.176. The van der Waals surface area contributed by atoms with Crippen LogP contribution in [0.2, 0.25) is 0 Å². The highest BCUT2D eigenvalue weighted by Gasteiger charge is 2.55. The Hall–Kier alpha value is -2.37. The summed E-state index contributed by atoms with van der Waals surface area (Å²) in [6, 6.07) is 7.51. The van der Waals surface area contributed by atoms with Crippen LogP contribution in [-0.2, 0) is 19.7 Å². The van der Waals surface area contributed by atoms with E-state index in [4.69, 9.17) is 10.5 Å². The van der Waals surface area contributed by atoms with E-state index in [0.717, 1.165) is 0 Å². The quantitative estimate of drug-likeness (QED) is 0.597. The van der Waals surface area contributed by atoms with E-state index in [1.165, 1.54) is 0 Å². The third-order valence-electron chi connectivity index (χ3n) is 3.14. The van der Waals surface area contributed by atoms with Crippen LogP contribution in [0.15, 0.2) is 30.3 Å². The fraction of sp³-hybridized carbons (Fsp3) is 0.308. The van der Waals surface area contributed by atoms with Gasteiger partial charge in [0.25, 0.3) is 0 Å². The highest BCUT2D eigenvalue weighted by Crippen LogP contribution is 2.37. The van der Waals surface area contributed by atoms with Crippen LogP contribution in [0, 0.1) is 0 Å². The van der Waals surface area contributed by atoms with Crippen molar-refractivity contribution in [3.05, 3.63) is 35.9 Å². The van der Waals surface area contributed by atoms with Gasteiger partial charge in [0, 0.05) is 6.42 Å². The maximum Gasteiger partial charge on any atom is 0.326 e. The van der Waals surface area contributed by atoms with Gasteiger partial charge in [0.1, 0.15) is 6.10 Å². The van der Waals surface area contributed by atoms with E-state index in [-0.39, 0.29) is 6.42 Å². The molecule has 1 saturated heterocycles. The summed E-state index contributed by atoms with van der Waals surface area (Å²) in [6.07, 6.45) is -0.221. The molecule has 1 aliphatic heterocycles. The van der Waals surface area contributed by atoms with Gasteiger partial charge in [-0.1, -0.05) is 30.3 Å². The van der Waals surface area contributed by atoms with Crippen molar-refractivity contribution in [2.75, 3.05) is 0 Å². The molecule has 1 aromatic rings. The smallest absolute Gasteiger partial charge is 0.326 e. The van der Waals surface area contributed by atoms with Crippen LogP contribution in [0.4, 0.5) is 4.79 Å². The van der Waals surface area contributed by atoms with Crippen LogP contribution in [0.5, 0.6) is 0 Å². The molecule has 0 radical (unpaired) electrons. The molecule has 0 aromatic heterocycles. The van der Waals surface area contributed by atoms with E-state index in [2.05, 4.69) is 0 Å². The molecule has 2 rings (SSSR count). The average molecular weight is 262 g/mol. The molecule has 0 spiro atoms. The number of nitrogens with one attached hydrogen (secondary N) is 1. The Bertz CT molecular complexity index is 529. The number of hydrogen-bond acceptors (Lipinski definition) is 4. The van der Waals surface area contributed by atoms with Gasteiger partial charge in [-0.2, -0.15) is 0 Å². The number of ether oxygens (including phenoxy) is 1. The lowest BCUT2D eigenvalue weighted by Gasteiger charge is -2.23. The fourth-order valence-electron chi connectivity index (χ4n) is 2.33. The van der Waals surface area contributed by atoms with Gasteiger partial charge in [0.15, 0.2) is 5.41 Å². The standard InChI is InChI=1S/C13H14N2O4/c1-8-7-13(11(17)19-8,10(16)15-12(14)18)9-5-3-2-4-6-9/h2-6,8H,7H2,1H3,(H3,14,15,16,18). The fourth-order valence-corrected chi connectivity index (χ4v) is 2.33. The topological polar surface area (TPSA) is 98.5 Å². The third-order valence-corrected chi connectivity index (χ3v) is 3.14. The summed E-state index contributed by atoms with van der Waals surface area (Å²) in [4.78, 5) is 35.2. The molecule has 1 aromatic carbocycles. The first-order chi connectivity index (χ1) is 8.96. The van der Waals surface area contributed by atoms with Crippen LogP contribution in [0.25, 0.3) is 0 Å². The second-order valence-corrected chi connectivity index (χ2v) is 4.51. The van der Waals surface area contributed by atoms with Gasteiger partial charge in [-0.3, -0.25) is 14.9 Å². The SMILES string of the molecule is CC1CC(C(=O)NC(N)=O)(c2ccccc2)C(=O)O1. The van der Waals surface area contributed by atoms with Crippen LogP contribution in [0.1, 0.15) is 18.9 Å². The number of nitrogens with two attached hydrogens (primary N) is 1. The lowest BCUT2D eigenvalue weighted by atomic mass is 9.77. The summed E-state index contributed by atoms with van der Waals surface area (Å²) in [5, 5.41) is 1.97. The molecule has 0 bridgehead atoms. The van der Waals surface area contributed by atoms with Crippen LogP contribution < -0.4 is 11.1 Å². The maximum atomic E-state index is 12.2. The molecule has 19 heavy (non-hydrogen) atoms.